The van der Waals surface area contributed by atoms with Gasteiger partial charge >= 0.3 is 0 Å². The number of hydrogen-bond donors (Lipinski definition) is 2. The third kappa shape index (κ3) is 5.62. The summed E-state index contributed by atoms with van der Waals surface area (Å²) in [6, 6.07) is 3.76. The van der Waals surface area contributed by atoms with Gasteiger partial charge in [-0.15, -0.1) is 0 Å². The average molecular weight is 558 g/mol. The minimum Gasteiger partial charge on any atom is -0.390 e. The van der Waals surface area contributed by atoms with Crippen LogP contribution < -0.4 is 15.1 Å². The topological polar surface area (TPSA) is 124 Å². The smallest absolute Gasteiger partial charge is 0.227 e. The number of fused-ring (bicyclic) bond motifs is 1. The van der Waals surface area contributed by atoms with E-state index in [9.17, 15) is 17.9 Å². The first-order valence-corrected chi connectivity index (χ1v) is 15.3. The number of sulfone groups is 1. The molecule has 0 aliphatic carbocycles. The summed E-state index contributed by atoms with van der Waals surface area (Å²) < 4.78 is 38.3. The van der Waals surface area contributed by atoms with E-state index in [4.69, 9.17) is 4.98 Å². The van der Waals surface area contributed by atoms with E-state index in [1.807, 2.05) is 19.2 Å². The lowest BCUT2D eigenvalue weighted by atomic mass is 9.90. The van der Waals surface area contributed by atoms with Crippen molar-refractivity contribution >= 4 is 44.0 Å². The van der Waals surface area contributed by atoms with Gasteiger partial charge in [-0.25, -0.2) is 27.8 Å². The fraction of sp³-hybridized carbons (Fsp3) is 0.556. The van der Waals surface area contributed by atoms with Crippen LogP contribution in [0.25, 0.3) is 10.8 Å². The molecule has 12 heteroatoms. The van der Waals surface area contributed by atoms with Gasteiger partial charge in [0.15, 0.2) is 5.67 Å². The van der Waals surface area contributed by atoms with E-state index in [1.54, 1.807) is 23.4 Å². The highest BCUT2D eigenvalue weighted by Crippen LogP contribution is 2.38. The number of anilines is 4. The first-order valence-electron chi connectivity index (χ1n) is 13.3. The Kier molecular flexibility index (Phi) is 7.13. The molecule has 0 radical (unpaired) electrons. The maximum Gasteiger partial charge on any atom is 0.227 e. The Morgan fingerprint density at radius 3 is 2.64 bits per heavy atom. The summed E-state index contributed by atoms with van der Waals surface area (Å²) in [4.78, 5) is 22.2. The molecule has 2 aliphatic rings. The first kappa shape index (κ1) is 27.4. The van der Waals surface area contributed by atoms with Crippen LogP contribution in [0.5, 0.6) is 0 Å². The quantitative estimate of drug-likeness (QED) is 0.446. The minimum absolute atomic E-state index is 0.0132. The minimum atomic E-state index is -3.05. The van der Waals surface area contributed by atoms with Gasteiger partial charge in [0, 0.05) is 55.3 Å². The van der Waals surface area contributed by atoms with Gasteiger partial charge in [-0.2, -0.15) is 4.98 Å². The van der Waals surface area contributed by atoms with Crippen LogP contribution >= 0.6 is 0 Å². The molecule has 2 fully saturated rings. The van der Waals surface area contributed by atoms with E-state index in [2.05, 4.69) is 39.0 Å². The molecule has 2 saturated heterocycles. The predicted octanol–water partition coefficient (Wildman–Crippen LogP) is 3.46. The molecule has 0 spiro atoms. The normalized spacial score (nSPS) is 25.7. The molecule has 0 amide bonds. The van der Waals surface area contributed by atoms with Crippen LogP contribution in [0, 0.1) is 5.92 Å². The number of halogens is 1. The standard InChI is InChI=1S/C27H36FN7O3S/c1-16(2)20-11-31-25(35-13-18(17(35)3)14-39(5,37)38)21-12-30-24(10-19(20)21)32-23-6-8-29-26(33-23)34-9-7-22(36)27(4,28)15-34/h6,8,10-12,16-18,22,36H,7,9,13-15H2,1-5H3,(H,29,30,32,33)/t17-,18-,22-,27+/m1/s1. The zero-order chi connectivity index (χ0) is 28.1. The number of nitrogens with one attached hydrogen (secondary N) is 1. The zero-order valence-corrected chi connectivity index (χ0v) is 23.8. The number of aliphatic hydroxyl groups excluding tert-OH is 1. The number of hydrogen-bond acceptors (Lipinski definition) is 10. The Morgan fingerprint density at radius 2 is 1.97 bits per heavy atom. The SMILES string of the molecule is CC(C)c1cnc(N2C[C@H](CS(C)(=O)=O)[C@H]2C)c2cnc(Nc3ccnc(N4CC[C@@H](O)[C@@](C)(F)C4)n3)cc12. The molecular formula is C27H36FN7O3S. The van der Waals surface area contributed by atoms with Crippen LogP contribution in [-0.4, -0.2) is 82.9 Å². The van der Waals surface area contributed by atoms with Crippen LogP contribution in [0.3, 0.4) is 0 Å². The molecule has 0 saturated carbocycles. The molecule has 0 unspecified atom stereocenters. The summed E-state index contributed by atoms with van der Waals surface area (Å²) in [6.07, 6.45) is 5.89. The molecule has 2 N–H and O–H groups in total. The van der Waals surface area contributed by atoms with Gasteiger partial charge in [0.2, 0.25) is 5.95 Å². The fourth-order valence-corrected chi connectivity index (χ4v) is 6.62. The Bertz CT molecular complexity index is 1480. The second kappa shape index (κ2) is 10.1. The van der Waals surface area contributed by atoms with Gasteiger partial charge in [0.25, 0.3) is 0 Å². The van der Waals surface area contributed by atoms with Gasteiger partial charge < -0.3 is 20.2 Å². The average Bonchev–Trinajstić information content (AvgIpc) is 2.86. The van der Waals surface area contributed by atoms with Crippen molar-refractivity contribution in [2.75, 3.05) is 46.8 Å². The van der Waals surface area contributed by atoms with E-state index >= 15 is 0 Å². The van der Waals surface area contributed by atoms with Crippen LogP contribution in [0.1, 0.15) is 45.6 Å². The molecular weight excluding hydrogens is 521 g/mol. The zero-order valence-electron chi connectivity index (χ0n) is 23.0. The summed E-state index contributed by atoms with van der Waals surface area (Å²) in [5, 5.41) is 15.1. The van der Waals surface area contributed by atoms with E-state index in [0.29, 0.717) is 37.1 Å². The van der Waals surface area contributed by atoms with Gasteiger partial charge in [-0.1, -0.05) is 13.8 Å². The van der Waals surface area contributed by atoms with Gasteiger partial charge in [0.1, 0.15) is 27.3 Å². The van der Waals surface area contributed by atoms with Crippen LogP contribution in [0.2, 0.25) is 0 Å². The van der Waals surface area contributed by atoms with E-state index in [-0.39, 0.29) is 30.2 Å². The number of nitrogens with zero attached hydrogens (tertiary/aromatic N) is 6. The maximum absolute atomic E-state index is 14.7. The first-order chi connectivity index (χ1) is 18.3. The number of piperidine rings is 1. The van der Waals surface area contributed by atoms with Crippen molar-refractivity contribution in [1.82, 2.24) is 19.9 Å². The van der Waals surface area contributed by atoms with Crippen molar-refractivity contribution in [2.24, 2.45) is 5.92 Å². The van der Waals surface area contributed by atoms with E-state index < -0.39 is 21.6 Å². The molecule has 210 valence electrons. The molecule has 39 heavy (non-hydrogen) atoms. The van der Waals surface area contributed by atoms with Crippen LogP contribution in [0.15, 0.2) is 30.7 Å². The number of aromatic nitrogens is 4. The molecule has 5 heterocycles. The maximum atomic E-state index is 14.7. The van der Waals surface area contributed by atoms with Gasteiger partial charge in [-0.05, 0) is 49.3 Å². The Morgan fingerprint density at radius 1 is 1.21 bits per heavy atom. The summed E-state index contributed by atoms with van der Waals surface area (Å²) in [7, 11) is -3.05. The summed E-state index contributed by atoms with van der Waals surface area (Å²) in [6.45, 7) is 8.77. The lowest BCUT2D eigenvalue weighted by Crippen LogP contribution is -2.57. The lowest BCUT2D eigenvalue weighted by molar-refractivity contribution is -0.00860. The third-order valence-corrected chi connectivity index (χ3v) is 8.88. The van der Waals surface area contributed by atoms with Crippen molar-refractivity contribution in [1.29, 1.82) is 0 Å². The van der Waals surface area contributed by atoms with Crippen molar-refractivity contribution < 1.29 is 17.9 Å². The second-order valence-corrected chi connectivity index (χ2v) is 13.6. The summed E-state index contributed by atoms with van der Waals surface area (Å²) in [5.41, 5.74) is -0.652. The van der Waals surface area contributed by atoms with Crippen LogP contribution in [0.4, 0.5) is 27.8 Å². The number of rotatable bonds is 7. The van der Waals surface area contributed by atoms with Crippen molar-refractivity contribution in [3.05, 3.63) is 36.3 Å². The van der Waals surface area contributed by atoms with Crippen molar-refractivity contribution in [3.8, 4) is 0 Å². The largest absolute Gasteiger partial charge is 0.390 e. The molecule has 10 nitrogen and oxygen atoms in total. The van der Waals surface area contributed by atoms with E-state index in [0.717, 1.165) is 22.2 Å². The number of pyridine rings is 2. The molecule has 0 bridgehead atoms. The molecule has 2 aliphatic heterocycles. The number of alkyl halides is 1. The number of aliphatic hydroxyl groups is 1. The Hall–Kier alpha value is -3.12. The van der Waals surface area contributed by atoms with Crippen molar-refractivity contribution in [2.45, 2.75) is 57.8 Å². The van der Waals surface area contributed by atoms with Crippen LogP contribution in [-0.2, 0) is 9.84 Å². The monoisotopic (exact) mass is 557 g/mol. The van der Waals surface area contributed by atoms with E-state index in [1.165, 1.54) is 13.2 Å². The highest BCUT2D eigenvalue weighted by atomic mass is 32.2. The lowest BCUT2D eigenvalue weighted by Gasteiger charge is -2.47. The molecule has 0 aromatic carbocycles. The predicted molar refractivity (Wildman–Crippen MR) is 151 cm³/mol. The molecule has 3 aromatic heterocycles. The third-order valence-electron chi connectivity index (χ3n) is 7.85. The van der Waals surface area contributed by atoms with Gasteiger partial charge in [0.05, 0.1) is 18.4 Å². The molecule has 3 aromatic rings. The van der Waals surface area contributed by atoms with Gasteiger partial charge in [-0.3, -0.25) is 0 Å². The summed E-state index contributed by atoms with van der Waals surface area (Å²) >= 11 is 0. The molecule has 5 rings (SSSR count). The fourth-order valence-electron chi connectivity index (χ4n) is 5.46. The Balaban J connectivity index is 1.41. The highest BCUT2D eigenvalue weighted by Gasteiger charge is 2.40. The second-order valence-electron chi connectivity index (χ2n) is 11.4. The Labute approximate surface area is 228 Å². The molecule has 4 atom stereocenters. The summed E-state index contributed by atoms with van der Waals surface area (Å²) in [5.74, 6) is 2.79. The highest BCUT2D eigenvalue weighted by molar-refractivity contribution is 7.90. The van der Waals surface area contributed by atoms with Crippen molar-refractivity contribution in [3.63, 3.8) is 0 Å².